The molecule has 0 unspecified atom stereocenters. The van der Waals surface area contributed by atoms with E-state index in [0.29, 0.717) is 6.54 Å². The number of hydrogen-bond acceptors (Lipinski definition) is 3. The summed E-state index contributed by atoms with van der Waals surface area (Å²) in [5, 5.41) is 4.11. The van der Waals surface area contributed by atoms with Gasteiger partial charge in [0.15, 0.2) is 5.65 Å². The number of hydrogen-bond donors (Lipinski definition) is 1. The van der Waals surface area contributed by atoms with Gasteiger partial charge in [-0.25, -0.2) is 9.97 Å². The van der Waals surface area contributed by atoms with E-state index in [9.17, 15) is 0 Å². The average molecular weight is 352 g/mol. The Bertz CT molecular complexity index is 769. The van der Waals surface area contributed by atoms with Gasteiger partial charge >= 0.3 is 0 Å². The maximum Gasteiger partial charge on any atom is 0.155 e. The van der Waals surface area contributed by atoms with Crippen molar-refractivity contribution in [2.24, 2.45) is 0 Å². The third-order valence-corrected chi connectivity index (χ3v) is 3.75. The van der Waals surface area contributed by atoms with Gasteiger partial charge in [-0.15, -0.1) is 0 Å². The summed E-state index contributed by atoms with van der Waals surface area (Å²) in [6.07, 6.45) is 5.48. The van der Waals surface area contributed by atoms with Crippen LogP contribution in [0, 0.1) is 6.92 Å². The first kappa shape index (κ1) is 13.4. The lowest BCUT2D eigenvalue weighted by atomic mass is 10.2. The normalized spacial score (nSPS) is 10.9. The van der Waals surface area contributed by atoms with Crippen molar-refractivity contribution in [3.8, 4) is 0 Å². The third-order valence-electron chi connectivity index (χ3n) is 3.10. The van der Waals surface area contributed by atoms with Gasteiger partial charge in [0.2, 0.25) is 0 Å². The number of anilines is 1. The Hall–Kier alpha value is -1.59. The summed E-state index contributed by atoms with van der Waals surface area (Å²) in [5.74, 6) is 0. The predicted octanol–water partition coefficient (Wildman–Crippen LogP) is 4.07. The zero-order valence-electron chi connectivity index (χ0n) is 10.8. The number of benzene rings is 1. The van der Waals surface area contributed by atoms with Crippen LogP contribution < -0.4 is 5.32 Å². The van der Waals surface area contributed by atoms with Crippen molar-refractivity contribution in [2.75, 3.05) is 5.32 Å². The highest BCUT2D eigenvalue weighted by molar-refractivity contribution is 9.10. The lowest BCUT2D eigenvalue weighted by Crippen LogP contribution is -2.04. The summed E-state index contributed by atoms with van der Waals surface area (Å²) < 4.78 is 2.78. The molecule has 0 aliphatic carbocycles. The minimum absolute atomic E-state index is 0.665. The largest absolute Gasteiger partial charge is 0.379 e. The summed E-state index contributed by atoms with van der Waals surface area (Å²) >= 11 is 9.39. The van der Waals surface area contributed by atoms with Gasteiger partial charge in [0.25, 0.3) is 0 Å². The maximum absolute atomic E-state index is 6.02. The lowest BCUT2D eigenvalue weighted by molar-refractivity contribution is 0.982. The van der Waals surface area contributed by atoms with Gasteiger partial charge in [-0.2, -0.15) is 0 Å². The number of fused-ring (bicyclic) bond motifs is 1. The molecular formula is C14H12BrClN4. The number of nitrogens with zero attached hydrogens (tertiary/aromatic N) is 3. The zero-order chi connectivity index (χ0) is 14.1. The third kappa shape index (κ3) is 2.64. The molecular weight excluding hydrogens is 340 g/mol. The first-order valence-corrected chi connectivity index (χ1v) is 7.28. The van der Waals surface area contributed by atoms with Crippen LogP contribution in [0.3, 0.4) is 0 Å². The van der Waals surface area contributed by atoms with E-state index in [1.807, 2.05) is 41.9 Å². The minimum atomic E-state index is 0.665. The lowest BCUT2D eigenvalue weighted by Gasteiger charge is -2.09. The van der Waals surface area contributed by atoms with E-state index in [1.54, 1.807) is 6.20 Å². The van der Waals surface area contributed by atoms with Crippen LogP contribution in [0.1, 0.15) is 11.3 Å². The van der Waals surface area contributed by atoms with Crippen molar-refractivity contribution in [1.29, 1.82) is 0 Å². The number of aromatic nitrogens is 3. The molecule has 1 N–H and O–H groups in total. The van der Waals surface area contributed by atoms with Crippen LogP contribution in [0.5, 0.6) is 0 Å². The van der Waals surface area contributed by atoms with Crippen LogP contribution in [-0.2, 0) is 6.54 Å². The Morgan fingerprint density at radius 3 is 3.00 bits per heavy atom. The number of imidazole rings is 1. The molecule has 0 aliphatic heterocycles. The number of rotatable bonds is 3. The van der Waals surface area contributed by atoms with Gasteiger partial charge in [-0.3, -0.25) is 4.40 Å². The van der Waals surface area contributed by atoms with E-state index >= 15 is 0 Å². The molecule has 102 valence electrons. The van der Waals surface area contributed by atoms with Crippen molar-refractivity contribution >= 4 is 38.9 Å². The smallest absolute Gasteiger partial charge is 0.155 e. The van der Waals surface area contributed by atoms with Crippen LogP contribution in [0.25, 0.3) is 5.65 Å². The number of aryl methyl sites for hydroxylation is 1. The summed E-state index contributed by atoms with van der Waals surface area (Å²) in [6.45, 7) is 2.71. The van der Waals surface area contributed by atoms with E-state index in [4.69, 9.17) is 11.6 Å². The van der Waals surface area contributed by atoms with E-state index in [-0.39, 0.29) is 0 Å². The molecule has 0 atom stereocenters. The van der Waals surface area contributed by atoms with Gasteiger partial charge in [0, 0.05) is 16.9 Å². The van der Waals surface area contributed by atoms with Crippen molar-refractivity contribution in [1.82, 2.24) is 14.4 Å². The maximum atomic E-state index is 6.02. The molecule has 20 heavy (non-hydrogen) atoms. The molecule has 0 radical (unpaired) electrons. The second-order valence-corrected chi connectivity index (χ2v) is 5.75. The molecule has 2 heterocycles. The summed E-state index contributed by atoms with van der Waals surface area (Å²) in [4.78, 5) is 8.49. The van der Waals surface area contributed by atoms with Crippen LogP contribution in [0.2, 0.25) is 5.02 Å². The quantitative estimate of drug-likeness (QED) is 0.773. The zero-order valence-corrected chi connectivity index (χ0v) is 13.1. The number of nitrogens with one attached hydrogen (secondary N) is 1. The molecule has 1 aromatic carbocycles. The fourth-order valence-corrected chi connectivity index (χ4v) is 2.50. The number of halogens is 2. The van der Waals surface area contributed by atoms with Crippen LogP contribution in [-0.4, -0.2) is 14.4 Å². The average Bonchev–Trinajstić information content (AvgIpc) is 2.82. The Morgan fingerprint density at radius 1 is 1.30 bits per heavy atom. The summed E-state index contributed by atoms with van der Waals surface area (Å²) in [6, 6.07) is 5.82. The molecule has 0 spiro atoms. The molecule has 0 saturated carbocycles. The van der Waals surface area contributed by atoms with Crippen molar-refractivity contribution < 1.29 is 0 Å². The molecule has 0 aliphatic rings. The van der Waals surface area contributed by atoms with Gasteiger partial charge < -0.3 is 5.32 Å². The van der Waals surface area contributed by atoms with Crippen molar-refractivity contribution in [3.63, 3.8) is 0 Å². The van der Waals surface area contributed by atoms with Crippen molar-refractivity contribution in [2.45, 2.75) is 13.5 Å². The van der Waals surface area contributed by atoms with Crippen LogP contribution in [0.15, 0.2) is 41.4 Å². The highest BCUT2D eigenvalue weighted by Gasteiger charge is 2.05. The fourth-order valence-electron chi connectivity index (χ4n) is 2.02. The Kier molecular flexibility index (Phi) is 3.63. The van der Waals surface area contributed by atoms with Crippen molar-refractivity contribution in [3.05, 3.63) is 57.7 Å². The van der Waals surface area contributed by atoms with Gasteiger partial charge in [0.1, 0.15) is 4.60 Å². The second kappa shape index (κ2) is 5.42. The minimum Gasteiger partial charge on any atom is -0.379 e. The topological polar surface area (TPSA) is 42.2 Å². The summed E-state index contributed by atoms with van der Waals surface area (Å²) in [7, 11) is 0. The molecule has 0 fully saturated rings. The first-order valence-electron chi connectivity index (χ1n) is 6.11. The molecule has 3 aromatic rings. The molecule has 3 rings (SSSR count). The van der Waals surface area contributed by atoms with E-state index in [0.717, 1.165) is 32.2 Å². The van der Waals surface area contributed by atoms with E-state index in [2.05, 4.69) is 31.2 Å². The Balaban J connectivity index is 1.86. The Labute approximate surface area is 129 Å². The first-order chi connectivity index (χ1) is 9.63. The SMILES string of the molecule is Cc1ccc(Cl)cc1NCc1cnc2cnc(Br)cn12. The highest BCUT2D eigenvalue weighted by atomic mass is 79.9. The monoisotopic (exact) mass is 350 g/mol. The highest BCUT2D eigenvalue weighted by Crippen LogP contribution is 2.21. The molecule has 0 amide bonds. The van der Waals surface area contributed by atoms with Gasteiger partial charge in [-0.1, -0.05) is 17.7 Å². The van der Waals surface area contributed by atoms with E-state index in [1.165, 1.54) is 0 Å². The standard InChI is InChI=1S/C14H12BrClN4/c1-9-2-3-10(16)4-12(9)17-5-11-6-19-14-7-18-13(15)8-20(11)14/h2-4,6-8,17H,5H2,1H3. The van der Waals surface area contributed by atoms with Crippen LogP contribution in [0.4, 0.5) is 5.69 Å². The molecule has 6 heteroatoms. The van der Waals surface area contributed by atoms with Gasteiger partial charge in [0.05, 0.1) is 24.6 Å². The molecule has 2 aromatic heterocycles. The predicted molar refractivity (Wildman–Crippen MR) is 84.2 cm³/mol. The molecule has 4 nitrogen and oxygen atoms in total. The van der Waals surface area contributed by atoms with Crippen LogP contribution >= 0.6 is 27.5 Å². The second-order valence-electron chi connectivity index (χ2n) is 4.50. The van der Waals surface area contributed by atoms with Gasteiger partial charge in [-0.05, 0) is 40.5 Å². The fraction of sp³-hybridized carbons (Fsp3) is 0.143. The molecule has 0 saturated heterocycles. The Morgan fingerprint density at radius 2 is 2.15 bits per heavy atom. The van der Waals surface area contributed by atoms with E-state index < -0.39 is 0 Å². The summed E-state index contributed by atoms with van der Waals surface area (Å²) in [5.41, 5.74) is 4.07. The molecule has 0 bridgehead atoms.